The fourth-order valence-corrected chi connectivity index (χ4v) is 2.77. The predicted molar refractivity (Wildman–Crippen MR) is 93.0 cm³/mol. The Morgan fingerprint density at radius 2 is 1.67 bits per heavy atom. The molecule has 112 valence electrons. The summed E-state index contributed by atoms with van der Waals surface area (Å²) in [7, 11) is 0. The molecule has 2 aromatic carbocycles. The molecule has 0 saturated carbocycles. The number of benzene rings is 2. The van der Waals surface area contributed by atoms with Crippen LogP contribution in [-0.2, 0) is 6.54 Å². The summed E-state index contributed by atoms with van der Waals surface area (Å²) in [5.74, 6) is 1.03. The monoisotopic (exact) mass is 301 g/mol. The number of nitrogens with two attached hydrogens (primary N) is 1. The van der Waals surface area contributed by atoms with Crippen LogP contribution in [0.4, 0.5) is 0 Å². The highest BCUT2D eigenvalue weighted by Gasteiger charge is 2.12. The van der Waals surface area contributed by atoms with Crippen LogP contribution in [0.2, 0.25) is 5.02 Å². The molecule has 0 atom stereocenters. The first-order valence-electron chi connectivity index (χ1n) is 7.56. The molecule has 0 aliphatic carbocycles. The number of hydrogen-bond acceptors (Lipinski definition) is 1. The minimum atomic E-state index is 0.466. The molecule has 0 radical (unpaired) electrons. The Morgan fingerprint density at radius 1 is 0.952 bits per heavy atom. The first kappa shape index (κ1) is 16.1. The molecule has 0 aromatic heterocycles. The topological polar surface area (TPSA) is 26.0 Å². The van der Waals surface area contributed by atoms with E-state index in [0.29, 0.717) is 18.4 Å². The third-order valence-electron chi connectivity index (χ3n) is 3.94. The van der Waals surface area contributed by atoms with Crippen LogP contribution in [0, 0.1) is 0 Å². The van der Waals surface area contributed by atoms with Crippen molar-refractivity contribution >= 4 is 11.6 Å². The van der Waals surface area contributed by atoms with E-state index in [-0.39, 0.29) is 0 Å². The van der Waals surface area contributed by atoms with Gasteiger partial charge in [0.15, 0.2) is 0 Å². The summed E-state index contributed by atoms with van der Waals surface area (Å²) in [4.78, 5) is 0. The minimum Gasteiger partial charge on any atom is -0.326 e. The lowest BCUT2D eigenvalue weighted by atomic mass is 9.88. The van der Waals surface area contributed by atoms with Gasteiger partial charge in [-0.25, -0.2) is 0 Å². The fourth-order valence-electron chi connectivity index (χ4n) is 2.58. The molecule has 0 amide bonds. The number of hydrogen-bond donors (Lipinski definition) is 1. The second-order valence-corrected chi connectivity index (χ2v) is 6.57. The van der Waals surface area contributed by atoms with Crippen molar-refractivity contribution in [1.29, 1.82) is 0 Å². The summed E-state index contributed by atoms with van der Waals surface area (Å²) in [6.45, 7) is 9.40. The average molecular weight is 302 g/mol. The third-order valence-corrected chi connectivity index (χ3v) is 4.31. The van der Waals surface area contributed by atoms with Gasteiger partial charge in [0.05, 0.1) is 0 Å². The van der Waals surface area contributed by atoms with Crippen LogP contribution in [0.5, 0.6) is 0 Å². The van der Waals surface area contributed by atoms with Gasteiger partial charge in [0.1, 0.15) is 0 Å². The molecule has 2 rings (SSSR count). The first-order valence-corrected chi connectivity index (χ1v) is 7.94. The lowest BCUT2D eigenvalue weighted by Gasteiger charge is -2.17. The smallest absolute Gasteiger partial charge is 0.0451 e. The maximum atomic E-state index is 6.17. The largest absolute Gasteiger partial charge is 0.326 e. The van der Waals surface area contributed by atoms with E-state index >= 15 is 0 Å². The standard InChI is InChI=1S/C19H24ClN/c1-12(2)14-5-7-17(18(10-14)13(3)4)15-6-8-19(20)16(9-15)11-21/h5-10,12-13H,11,21H2,1-4H3. The van der Waals surface area contributed by atoms with Gasteiger partial charge in [0.2, 0.25) is 0 Å². The Hall–Kier alpha value is -1.31. The lowest BCUT2D eigenvalue weighted by molar-refractivity contribution is 0.835. The molecule has 0 saturated heterocycles. The quantitative estimate of drug-likeness (QED) is 0.768. The number of halogens is 1. The van der Waals surface area contributed by atoms with E-state index in [4.69, 9.17) is 17.3 Å². The van der Waals surface area contributed by atoms with Crippen LogP contribution < -0.4 is 5.73 Å². The van der Waals surface area contributed by atoms with E-state index in [2.05, 4.69) is 58.0 Å². The molecule has 0 unspecified atom stereocenters. The van der Waals surface area contributed by atoms with Crippen LogP contribution >= 0.6 is 11.6 Å². The van der Waals surface area contributed by atoms with Crippen molar-refractivity contribution in [3.63, 3.8) is 0 Å². The van der Waals surface area contributed by atoms with E-state index in [0.717, 1.165) is 10.6 Å². The van der Waals surface area contributed by atoms with E-state index in [9.17, 15) is 0 Å². The Balaban J connectivity index is 2.57. The Morgan fingerprint density at radius 3 is 2.24 bits per heavy atom. The highest BCUT2D eigenvalue weighted by atomic mass is 35.5. The van der Waals surface area contributed by atoms with Gasteiger partial charge in [0.25, 0.3) is 0 Å². The Kier molecular flexibility index (Phi) is 5.08. The van der Waals surface area contributed by atoms with E-state index < -0.39 is 0 Å². The van der Waals surface area contributed by atoms with Gasteiger partial charge < -0.3 is 5.73 Å². The second-order valence-electron chi connectivity index (χ2n) is 6.17. The van der Waals surface area contributed by atoms with Crippen molar-refractivity contribution in [2.24, 2.45) is 5.73 Å². The number of rotatable bonds is 4. The van der Waals surface area contributed by atoms with Crippen LogP contribution in [0.1, 0.15) is 56.2 Å². The van der Waals surface area contributed by atoms with Gasteiger partial charge in [-0.15, -0.1) is 0 Å². The van der Waals surface area contributed by atoms with Gasteiger partial charge in [-0.3, -0.25) is 0 Å². The van der Waals surface area contributed by atoms with Crippen LogP contribution in [0.15, 0.2) is 36.4 Å². The molecule has 2 aromatic rings. The van der Waals surface area contributed by atoms with Gasteiger partial charge in [-0.05, 0) is 51.8 Å². The Bertz CT molecular complexity index is 629. The molecule has 0 aliphatic rings. The Labute approximate surface area is 133 Å². The maximum Gasteiger partial charge on any atom is 0.0451 e. The highest BCUT2D eigenvalue weighted by Crippen LogP contribution is 2.33. The summed E-state index contributed by atoms with van der Waals surface area (Å²) < 4.78 is 0. The van der Waals surface area contributed by atoms with Crippen LogP contribution in [0.3, 0.4) is 0 Å². The third kappa shape index (κ3) is 3.48. The normalized spacial score (nSPS) is 11.4. The molecule has 0 fully saturated rings. The van der Waals surface area contributed by atoms with Crippen LogP contribution in [0.25, 0.3) is 11.1 Å². The minimum absolute atomic E-state index is 0.466. The predicted octanol–water partition coefficient (Wildman–Crippen LogP) is 5.71. The molecule has 1 nitrogen and oxygen atoms in total. The average Bonchev–Trinajstić information content (AvgIpc) is 2.47. The molecule has 0 heterocycles. The summed E-state index contributed by atoms with van der Waals surface area (Å²) in [6, 6.07) is 12.9. The molecule has 0 bridgehead atoms. The highest BCUT2D eigenvalue weighted by molar-refractivity contribution is 6.31. The van der Waals surface area contributed by atoms with Crippen molar-refractivity contribution in [1.82, 2.24) is 0 Å². The zero-order chi connectivity index (χ0) is 15.6. The van der Waals surface area contributed by atoms with Gasteiger partial charge >= 0.3 is 0 Å². The molecular formula is C19H24ClN. The maximum absolute atomic E-state index is 6.17. The summed E-state index contributed by atoms with van der Waals surface area (Å²) in [6.07, 6.45) is 0. The van der Waals surface area contributed by atoms with Gasteiger partial charge in [0, 0.05) is 11.6 Å². The zero-order valence-electron chi connectivity index (χ0n) is 13.3. The molecule has 0 spiro atoms. The summed E-state index contributed by atoms with van der Waals surface area (Å²) >= 11 is 6.17. The zero-order valence-corrected chi connectivity index (χ0v) is 14.0. The molecule has 21 heavy (non-hydrogen) atoms. The first-order chi connectivity index (χ1) is 9.93. The summed E-state index contributed by atoms with van der Waals surface area (Å²) in [5, 5.41) is 0.742. The molecule has 0 aliphatic heterocycles. The van der Waals surface area contributed by atoms with Gasteiger partial charge in [-0.2, -0.15) is 0 Å². The van der Waals surface area contributed by atoms with Crippen molar-refractivity contribution in [3.05, 3.63) is 58.1 Å². The van der Waals surface area contributed by atoms with Gasteiger partial charge in [-0.1, -0.05) is 63.6 Å². The van der Waals surface area contributed by atoms with Crippen LogP contribution in [-0.4, -0.2) is 0 Å². The molecule has 2 heteroatoms. The van der Waals surface area contributed by atoms with E-state index in [1.165, 1.54) is 22.3 Å². The molecular weight excluding hydrogens is 278 g/mol. The van der Waals surface area contributed by atoms with E-state index in [1.54, 1.807) is 0 Å². The van der Waals surface area contributed by atoms with Crippen molar-refractivity contribution in [2.45, 2.75) is 46.1 Å². The van der Waals surface area contributed by atoms with Crippen molar-refractivity contribution < 1.29 is 0 Å². The molecule has 2 N–H and O–H groups in total. The summed E-state index contributed by atoms with van der Waals surface area (Å²) in [5.41, 5.74) is 12.0. The van der Waals surface area contributed by atoms with Crippen molar-refractivity contribution in [3.8, 4) is 11.1 Å². The fraction of sp³-hybridized carbons (Fsp3) is 0.368. The second kappa shape index (κ2) is 6.64. The SMILES string of the molecule is CC(C)c1ccc(-c2ccc(Cl)c(CN)c2)c(C(C)C)c1. The van der Waals surface area contributed by atoms with Crippen molar-refractivity contribution in [2.75, 3.05) is 0 Å². The lowest BCUT2D eigenvalue weighted by Crippen LogP contribution is -2.00. The van der Waals surface area contributed by atoms with E-state index in [1.807, 2.05) is 6.07 Å².